The lowest BCUT2D eigenvalue weighted by Crippen LogP contribution is -2.47. The number of alkyl halides is 2. The van der Waals surface area contributed by atoms with E-state index in [1.54, 1.807) is 0 Å². The van der Waals surface area contributed by atoms with Gasteiger partial charge < -0.3 is 5.32 Å². The Kier molecular flexibility index (Phi) is 4.61. The number of likely N-dealkylation sites (N-methyl/N-ethyl adjacent to an activating group) is 1. The highest BCUT2D eigenvalue weighted by Gasteiger charge is 2.41. The van der Waals surface area contributed by atoms with E-state index in [-0.39, 0.29) is 12.1 Å². The molecule has 1 amide bonds. The smallest absolute Gasteiger partial charge is 0.252 e. The van der Waals surface area contributed by atoms with Crippen LogP contribution in [0.4, 0.5) is 8.78 Å². The summed E-state index contributed by atoms with van der Waals surface area (Å²) in [5.74, 6) is -0.585. The fourth-order valence-electron chi connectivity index (χ4n) is 2.69. The van der Waals surface area contributed by atoms with Gasteiger partial charge in [-0.1, -0.05) is 30.3 Å². The minimum atomic E-state index is -2.67. The van der Waals surface area contributed by atoms with E-state index in [1.165, 1.54) is 13.8 Å². The van der Waals surface area contributed by atoms with Gasteiger partial charge in [-0.2, -0.15) is 0 Å². The fourth-order valence-corrected chi connectivity index (χ4v) is 2.69. The summed E-state index contributed by atoms with van der Waals surface area (Å²) in [6.07, 6.45) is -1.91. The number of nitrogens with one attached hydrogen (secondary N) is 1. The van der Waals surface area contributed by atoms with E-state index in [9.17, 15) is 13.6 Å². The molecule has 1 aliphatic heterocycles. The summed E-state index contributed by atoms with van der Waals surface area (Å²) in [4.78, 5) is 14.3. The van der Waals surface area contributed by atoms with Crippen LogP contribution in [0, 0.1) is 5.41 Å². The van der Waals surface area contributed by atoms with Crippen LogP contribution in [0.3, 0.4) is 0 Å². The van der Waals surface area contributed by atoms with E-state index in [4.69, 9.17) is 0 Å². The first kappa shape index (κ1) is 15.9. The first-order chi connectivity index (χ1) is 9.84. The third-order valence-electron chi connectivity index (χ3n) is 4.24. The van der Waals surface area contributed by atoms with Crippen LogP contribution in [0.5, 0.6) is 0 Å². The van der Waals surface area contributed by atoms with Crippen LogP contribution < -0.4 is 5.32 Å². The standard InChI is InChI=1S/C16H22F2N2O/c1-16(2,14(17)18)15(21)19-12-9-10-20(3)13(12)11-7-5-4-6-8-11/h4-8,12-14H,9-10H2,1-3H3,(H,19,21)/t12-,13-/m0/s1. The quantitative estimate of drug-likeness (QED) is 0.926. The van der Waals surface area contributed by atoms with Gasteiger partial charge in [-0.25, -0.2) is 8.78 Å². The summed E-state index contributed by atoms with van der Waals surface area (Å²) in [6.45, 7) is 3.39. The zero-order chi connectivity index (χ0) is 15.6. The molecule has 5 heteroatoms. The van der Waals surface area contributed by atoms with Gasteiger partial charge in [0.15, 0.2) is 0 Å². The largest absolute Gasteiger partial charge is 0.351 e. The Morgan fingerprint density at radius 2 is 1.95 bits per heavy atom. The van der Waals surface area contributed by atoms with Crippen LogP contribution >= 0.6 is 0 Å². The molecule has 1 fully saturated rings. The Labute approximate surface area is 124 Å². The highest BCUT2D eigenvalue weighted by atomic mass is 19.3. The lowest BCUT2D eigenvalue weighted by Gasteiger charge is -2.29. The molecule has 1 aromatic carbocycles. The molecule has 0 aromatic heterocycles. The zero-order valence-electron chi connectivity index (χ0n) is 12.6. The zero-order valence-corrected chi connectivity index (χ0v) is 12.6. The van der Waals surface area contributed by atoms with Crippen molar-refractivity contribution in [1.29, 1.82) is 0 Å². The first-order valence-electron chi connectivity index (χ1n) is 7.18. The number of halogens is 2. The number of amides is 1. The number of hydrogen-bond acceptors (Lipinski definition) is 2. The highest BCUT2D eigenvalue weighted by Crippen LogP contribution is 2.32. The number of likely N-dealkylation sites (tertiary alicyclic amines) is 1. The Morgan fingerprint density at radius 1 is 1.33 bits per heavy atom. The molecule has 1 aromatic rings. The van der Waals surface area contributed by atoms with E-state index in [0.717, 1.165) is 18.5 Å². The van der Waals surface area contributed by atoms with Crippen molar-refractivity contribution in [1.82, 2.24) is 10.2 Å². The molecule has 21 heavy (non-hydrogen) atoms. The molecule has 3 nitrogen and oxygen atoms in total. The van der Waals surface area contributed by atoms with Crippen LogP contribution in [0.2, 0.25) is 0 Å². The van der Waals surface area contributed by atoms with E-state index >= 15 is 0 Å². The molecule has 0 saturated carbocycles. The molecule has 0 bridgehead atoms. The molecule has 1 heterocycles. The molecular weight excluding hydrogens is 274 g/mol. The first-order valence-corrected chi connectivity index (χ1v) is 7.18. The van der Waals surface area contributed by atoms with E-state index < -0.39 is 17.7 Å². The van der Waals surface area contributed by atoms with Gasteiger partial charge in [0.2, 0.25) is 5.91 Å². The minimum absolute atomic E-state index is 0.0311. The molecule has 1 saturated heterocycles. The lowest BCUT2D eigenvalue weighted by molar-refractivity contribution is -0.138. The maximum absolute atomic E-state index is 13.0. The van der Waals surface area contributed by atoms with Gasteiger partial charge in [0.05, 0.1) is 6.04 Å². The van der Waals surface area contributed by atoms with Crippen LogP contribution in [-0.2, 0) is 4.79 Å². The van der Waals surface area contributed by atoms with Gasteiger partial charge in [-0.05, 0) is 32.9 Å². The van der Waals surface area contributed by atoms with Crippen LogP contribution in [0.25, 0.3) is 0 Å². The maximum atomic E-state index is 13.0. The number of benzene rings is 1. The second-order valence-electron chi connectivity index (χ2n) is 6.23. The predicted molar refractivity (Wildman–Crippen MR) is 78.1 cm³/mol. The third-order valence-corrected chi connectivity index (χ3v) is 4.24. The molecule has 1 aliphatic rings. The monoisotopic (exact) mass is 296 g/mol. The molecule has 2 rings (SSSR count). The van der Waals surface area contributed by atoms with Crippen molar-refractivity contribution in [3.63, 3.8) is 0 Å². The second kappa shape index (κ2) is 6.10. The summed E-state index contributed by atoms with van der Waals surface area (Å²) < 4.78 is 25.9. The van der Waals surface area contributed by atoms with Crippen LogP contribution in [0.1, 0.15) is 31.9 Å². The normalized spacial score (nSPS) is 23.5. The average molecular weight is 296 g/mol. The van der Waals surface area contributed by atoms with Gasteiger partial charge >= 0.3 is 0 Å². The number of nitrogens with zero attached hydrogens (tertiary/aromatic N) is 1. The Morgan fingerprint density at radius 3 is 2.52 bits per heavy atom. The topological polar surface area (TPSA) is 32.3 Å². The lowest BCUT2D eigenvalue weighted by atomic mass is 9.91. The Balaban J connectivity index is 2.14. The molecule has 116 valence electrons. The summed E-state index contributed by atoms with van der Waals surface area (Å²) in [5.41, 5.74) is -0.569. The van der Waals surface area contributed by atoms with Gasteiger partial charge in [-0.15, -0.1) is 0 Å². The molecule has 0 spiro atoms. The molecule has 0 radical (unpaired) electrons. The Hall–Kier alpha value is -1.49. The van der Waals surface area contributed by atoms with Gasteiger partial charge in [0.25, 0.3) is 6.43 Å². The van der Waals surface area contributed by atoms with E-state index in [1.807, 2.05) is 37.4 Å². The highest BCUT2D eigenvalue weighted by molar-refractivity contribution is 5.82. The van der Waals surface area contributed by atoms with Gasteiger partial charge in [-0.3, -0.25) is 9.69 Å². The number of carbonyl (C=O) groups is 1. The molecule has 2 atom stereocenters. The number of rotatable bonds is 4. The van der Waals surface area contributed by atoms with Crippen LogP contribution in [-0.4, -0.2) is 36.9 Å². The third kappa shape index (κ3) is 3.23. The van der Waals surface area contributed by atoms with Crippen molar-refractivity contribution in [2.24, 2.45) is 5.41 Å². The van der Waals surface area contributed by atoms with Crippen molar-refractivity contribution in [3.8, 4) is 0 Å². The predicted octanol–water partition coefficient (Wildman–Crippen LogP) is 2.84. The van der Waals surface area contributed by atoms with Crippen molar-refractivity contribution in [2.75, 3.05) is 13.6 Å². The molecule has 1 N–H and O–H groups in total. The molecule has 0 aliphatic carbocycles. The van der Waals surface area contributed by atoms with Crippen molar-refractivity contribution in [3.05, 3.63) is 35.9 Å². The summed E-state index contributed by atoms with van der Waals surface area (Å²) in [6, 6.07) is 9.73. The maximum Gasteiger partial charge on any atom is 0.252 e. The van der Waals surface area contributed by atoms with Crippen molar-refractivity contribution in [2.45, 2.75) is 38.8 Å². The van der Waals surface area contributed by atoms with Crippen LogP contribution in [0.15, 0.2) is 30.3 Å². The van der Waals surface area contributed by atoms with E-state index in [2.05, 4.69) is 10.2 Å². The number of carbonyl (C=O) groups excluding carboxylic acids is 1. The summed E-state index contributed by atoms with van der Waals surface area (Å²) >= 11 is 0. The van der Waals surface area contributed by atoms with E-state index in [0.29, 0.717) is 0 Å². The SMILES string of the molecule is CN1CC[C@H](NC(=O)C(C)(C)C(F)F)[C@@H]1c1ccccc1. The van der Waals surface area contributed by atoms with Crippen molar-refractivity contribution < 1.29 is 13.6 Å². The minimum Gasteiger partial charge on any atom is -0.351 e. The van der Waals surface area contributed by atoms with Gasteiger partial charge in [0, 0.05) is 12.6 Å². The molecular formula is C16H22F2N2O. The average Bonchev–Trinajstić information content (AvgIpc) is 2.80. The Bertz CT molecular complexity index is 490. The fraction of sp³-hybridized carbons (Fsp3) is 0.562. The molecule has 0 unspecified atom stereocenters. The van der Waals surface area contributed by atoms with Crippen molar-refractivity contribution >= 4 is 5.91 Å². The summed E-state index contributed by atoms with van der Waals surface area (Å²) in [5, 5.41) is 2.82. The summed E-state index contributed by atoms with van der Waals surface area (Å²) in [7, 11) is 1.99. The van der Waals surface area contributed by atoms with Gasteiger partial charge in [0.1, 0.15) is 5.41 Å². The number of hydrogen-bond donors (Lipinski definition) is 1. The second-order valence-corrected chi connectivity index (χ2v) is 6.23.